The number of carbonyl (C=O) groups excluding carboxylic acids is 1. The van der Waals surface area contributed by atoms with E-state index in [0.29, 0.717) is 16.0 Å². The number of hydrogen-bond donors (Lipinski definition) is 0. The number of alkyl halides is 2. The van der Waals surface area contributed by atoms with Gasteiger partial charge in [-0.3, -0.25) is 4.79 Å². The normalized spacial score (nSPS) is 11.1. The fourth-order valence-electron chi connectivity index (χ4n) is 1.38. The third-order valence-corrected chi connectivity index (χ3v) is 3.22. The SMILES string of the molecule is O=C(c1cc2cc(Cl)ccc2oc1=O)C(Br)Br. The van der Waals surface area contributed by atoms with E-state index < -0.39 is 9.36 Å². The van der Waals surface area contributed by atoms with Gasteiger partial charge >= 0.3 is 5.63 Å². The molecule has 0 amide bonds. The molecule has 0 aliphatic rings. The van der Waals surface area contributed by atoms with E-state index in [1.807, 2.05) is 0 Å². The highest BCUT2D eigenvalue weighted by Gasteiger charge is 2.19. The average molecular weight is 380 g/mol. The third kappa shape index (κ3) is 2.61. The Kier molecular flexibility index (Phi) is 3.70. The highest BCUT2D eigenvalue weighted by atomic mass is 79.9. The Bertz CT molecular complexity index is 649. The summed E-state index contributed by atoms with van der Waals surface area (Å²) in [7, 11) is 0. The van der Waals surface area contributed by atoms with Crippen LogP contribution in [0.4, 0.5) is 0 Å². The average Bonchev–Trinajstić information content (AvgIpc) is 2.27. The summed E-state index contributed by atoms with van der Waals surface area (Å²) in [6.07, 6.45) is 0. The molecule has 0 unspecified atom stereocenters. The van der Waals surface area contributed by atoms with Gasteiger partial charge in [0.05, 0.1) is 0 Å². The van der Waals surface area contributed by atoms with Gasteiger partial charge in [0, 0.05) is 10.4 Å². The third-order valence-electron chi connectivity index (χ3n) is 2.16. The van der Waals surface area contributed by atoms with Crippen molar-refractivity contribution in [3.8, 4) is 0 Å². The maximum Gasteiger partial charge on any atom is 0.347 e. The van der Waals surface area contributed by atoms with Crippen molar-refractivity contribution in [2.24, 2.45) is 0 Å². The van der Waals surface area contributed by atoms with Crippen molar-refractivity contribution in [1.29, 1.82) is 0 Å². The van der Waals surface area contributed by atoms with E-state index in [2.05, 4.69) is 31.9 Å². The lowest BCUT2D eigenvalue weighted by molar-refractivity contribution is 0.101. The minimum absolute atomic E-state index is 0.0153. The zero-order valence-electron chi connectivity index (χ0n) is 8.25. The number of ketones is 1. The summed E-state index contributed by atoms with van der Waals surface area (Å²) in [5, 5.41) is 1.13. The van der Waals surface area contributed by atoms with Gasteiger partial charge < -0.3 is 4.42 Å². The zero-order chi connectivity index (χ0) is 12.6. The van der Waals surface area contributed by atoms with E-state index in [9.17, 15) is 9.59 Å². The second-order valence-electron chi connectivity index (χ2n) is 3.29. The van der Waals surface area contributed by atoms with Crippen molar-refractivity contribution in [3.63, 3.8) is 0 Å². The standard InChI is InChI=1S/C11H5Br2ClO3/c12-10(13)9(15)7-4-5-3-6(14)1-2-8(5)17-11(7)16/h1-4,10H. The molecule has 6 heteroatoms. The number of rotatable bonds is 2. The Balaban J connectivity index is 2.70. The molecule has 88 valence electrons. The van der Waals surface area contributed by atoms with Crippen LogP contribution in [-0.2, 0) is 0 Å². The molecule has 1 heterocycles. The van der Waals surface area contributed by atoms with Crippen LogP contribution in [0.5, 0.6) is 0 Å². The molecule has 0 N–H and O–H groups in total. The number of fused-ring (bicyclic) bond motifs is 1. The summed E-state index contributed by atoms with van der Waals surface area (Å²) in [5.41, 5.74) is -0.274. The van der Waals surface area contributed by atoms with Gasteiger partial charge in [0.1, 0.15) is 14.9 Å². The minimum atomic E-state index is -0.659. The van der Waals surface area contributed by atoms with Crippen LogP contribution in [-0.4, -0.2) is 9.52 Å². The molecule has 2 rings (SSSR count). The summed E-state index contributed by atoms with van der Waals surface area (Å²) in [4.78, 5) is 23.3. The number of halogens is 3. The molecular weight excluding hydrogens is 375 g/mol. The Morgan fingerprint density at radius 2 is 2.00 bits per heavy atom. The fourth-order valence-corrected chi connectivity index (χ4v) is 2.06. The number of hydrogen-bond acceptors (Lipinski definition) is 3. The van der Waals surface area contributed by atoms with Gasteiger partial charge in [-0.1, -0.05) is 43.5 Å². The topological polar surface area (TPSA) is 47.3 Å². The predicted octanol–water partition coefficient (Wildman–Crippen LogP) is 3.75. The summed E-state index contributed by atoms with van der Waals surface area (Å²) in [5.74, 6) is -0.388. The van der Waals surface area contributed by atoms with Crippen LogP contribution in [0.3, 0.4) is 0 Å². The summed E-state index contributed by atoms with van der Waals surface area (Å²) in [6, 6.07) is 6.32. The van der Waals surface area contributed by atoms with Crippen molar-refractivity contribution in [2.45, 2.75) is 3.74 Å². The molecule has 0 spiro atoms. The van der Waals surface area contributed by atoms with Crippen LogP contribution >= 0.6 is 43.5 Å². The lowest BCUT2D eigenvalue weighted by Gasteiger charge is -2.02. The largest absolute Gasteiger partial charge is 0.422 e. The number of carbonyl (C=O) groups is 1. The maximum absolute atomic E-state index is 11.7. The van der Waals surface area contributed by atoms with Gasteiger partial charge in [0.15, 0.2) is 5.78 Å². The first-order valence-electron chi connectivity index (χ1n) is 4.55. The molecule has 0 aliphatic carbocycles. The molecule has 0 saturated heterocycles. The van der Waals surface area contributed by atoms with Gasteiger partial charge in [-0.2, -0.15) is 0 Å². The molecule has 0 bridgehead atoms. The molecule has 3 nitrogen and oxygen atoms in total. The van der Waals surface area contributed by atoms with Crippen molar-refractivity contribution >= 4 is 60.2 Å². The second-order valence-corrected chi connectivity index (χ2v) is 6.79. The first-order chi connectivity index (χ1) is 7.99. The van der Waals surface area contributed by atoms with Crippen molar-refractivity contribution in [3.05, 3.63) is 45.3 Å². The molecule has 2 aromatic rings. The number of Topliss-reactive ketones (excluding diaryl/α,β-unsaturated/α-hetero) is 1. The van der Waals surface area contributed by atoms with Gasteiger partial charge in [-0.25, -0.2) is 4.79 Å². The lowest BCUT2D eigenvalue weighted by Crippen LogP contribution is -2.18. The first kappa shape index (κ1) is 12.8. The molecule has 1 aromatic carbocycles. The Labute approximate surface area is 118 Å². The Morgan fingerprint density at radius 3 is 2.65 bits per heavy atom. The van der Waals surface area contributed by atoms with Crippen LogP contribution in [0, 0.1) is 0 Å². The zero-order valence-corrected chi connectivity index (χ0v) is 12.2. The fraction of sp³-hybridized carbons (Fsp3) is 0.0909. The van der Waals surface area contributed by atoms with Crippen LogP contribution in [0.15, 0.2) is 33.5 Å². The quantitative estimate of drug-likeness (QED) is 0.453. The molecular formula is C11H5Br2ClO3. The molecule has 0 radical (unpaired) electrons. The van der Waals surface area contributed by atoms with E-state index >= 15 is 0 Å². The van der Waals surface area contributed by atoms with Crippen molar-refractivity contribution in [1.82, 2.24) is 0 Å². The highest BCUT2D eigenvalue weighted by molar-refractivity contribution is 9.25. The van der Waals surface area contributed by atoms with Gasteiger partial charge in [-0.15, -0.1) is 0 Å². The van der Waals surface area contributed by atoms with Gasteiger partial charge in [0.2, 0.25) is 0 Å². The van der Waals surface area contributed by atoms with E-state index in [-0.39, 0.29) is 11.3 Å². The first-order valence-corrected chi connectivity index (χ1v) is 6.76. The van der Waals surface area contributed by atoms with Crippen molar-refractivity contribution < 1.29 is 9.21 Å². The lowest BCUT2D eigenvalue weighted by atomic mass is 10.1. The number of benzene rings is 1. The van der Waals surface area contributed by atoms with E-state index in [0.717, 1.165) is 0 Å². The van der Waals surface area contributed by atoms with Crippen LogP contribution in [0.2, 0.25) is 5.02 Å². The summed E-state index contributed by atoms with van der Waals surface area (Å²) in [6.45, 7) is 0. The van der Waals surface area contributed by atoms with Gasteiger partial charge in [0.25, 0.3) is 0 Å². The maximum atomic E-state index is 11.7. The Hall–Kier alpha value is -0.650. The molecule has 1 aromatic heterocycles. The molecule has 0 atom stereocenters. The van der Waals surface area contributed by atoms with E-state index in [4.69, 9.17) is 16.0 Å². The highest BCUT2D eigenvalue weighted by Crippen LogP contribution is 2.21. The van der Waals surface area contributed by atoms with Gasteiger partial charge in [-0.05, 0) is 24.3 Å². The smallest absolute Gasteiger partial charge is 0.347 e. The summed E-state index contributed by atoms with van der Waals surface area (Å²) < 4.78 is 4.43. The molecule has 17 heavy (non-hydrogen) atoms. The van der Waals surface area contributed by atoms with E-state index in [1.165, 1.54) is 6.07 Å². The van der Waals surface area contributed by atoms with Crippen LogP contribution in [0.25, 0.3) is 11.0 Å². The van der Waals surface area contributed by atoms with Crippen molar-refractivity contribution in [2.75, 3.05) is 0 Å². The summed E-state index contributed by atoms with van der Waals surface area (Å²) >= 11 is 11.9. The second kappa shape index (κ2) is 4.92. The van der Waals surface area contributed by atoms with Crippen LogP contribution in [0.1, 0.15) is 10.4 Å². The molecule has 0 aliphatic heterocycles. The monoisotopic (exact) mass is 378 g/mol. The van der Waals surface area contributed by atoms with E-state index in [1.54, 1.807) is 18.2 Å². The predicted molar refractivity (Wildman–Crippen MR) is 73.5 cm³/mol. The minimum Gasteiger partial charge on any atom is -0.422 e. The van der Waals surface area contributed by atoms with Crippen LogP contribution < -0.4 is 5.63 Å². The molecule has 0 fully saturated rings. The molecule has 0 saturated carbocycles. The Morgan fingerprint density at radius 1 is 1.29 bits per heavy atom.